The van der Waals surface area contributed by atoms with Gasteiger partial charge in [-0.1, -0.05) is 121 Å². The first-order valence-electron chi connectivity index (χ1n) is 39.1. The van der Waals surface area contributed by atoms with Gasteiger partial charge in [0.25, 0.3) is 0 Å². The first-order valence-corrected chi connectivity index (χ1v) is 39.1. The number of ether oxygens (including phenoxy) is 4. The molecule has 586 valence electrons. The Morgan fingerprint density at radius 1 is 0.386 bits per heavy atom. The molecular formula is C80H84N22O12. The first-order chi connectivity index (χ1) is 54.7. The highest BCUT2D eigenvalue weighted by molar-refractivity contribution is 6.03. The van der Waals surface area contributed by atoms with Gasteiger partial charge in [0.1, 0.15) is 105 Å². The van der Waals surface area contributed by atoms with Crippen molar-refractivity contribution in [2.75, 3.05) is 26.4 Å². The van der Waals surface area contributed by atoms with Gasteiger partial charge < -0.3 is 69.8 Å². The molecule has 5 fully saturated rings. The van der Waals surface area contributed by atoms with Crippen molar-refractivity contribution >= 4 is 44.7 Å². The highest BCUT2D eigenvalue weighted by Crippen LogP contribution is 2.70. The molecule has 6 unspecified atom stereocenters. The maximum absolute atomic E-state index is 10.6. The molecule has 114 heavy (non-hydrogen) atoms. The lowest BCUT2D eigenvalue weighted by Crippen LogP contribution is -2.59. The van der Waals surface area contributed by atoms with Crippen molar-refractivity contribution in [3.05, 3.63) is 95.1 Å². The minimum atomic E-state index is -1.59. The minimum absolute atomic E-state index is 0.0287. The first kappa shape index (κ1) is 71.7. The zero-order valence-electron chi connectivity index (χ0n) is 63.9. The number of fused-ring (bicyclic) bond motifs is 35. The van der Waals surface area contributed by atoms with Gasteiger partial charge in [0, 0.05) is 56.3 Å². The van der Waals surface area contributed by atoms with Crippen LogP contribution in [-0.4, -0.2) is 238 Å². The molecule has 16 atom stereocenters. The number of benzene rings is 2. The number of nitrogens with one attached hydrogen (secondary N) is 2. The summed E-state index contributed by atoms with van der Waals surface area (Å²) in [6.45, 7) is 19.9. The van der Waals surface area contributed by atoms with E-state index in [-0.39, 0.29) is 111 Å². The van der Waals surface area contributed by atoms with E-state index in [1.54, 1.807) is 21.8 Å². The molecular weight excluding hydrogens is 1460 g/mol. The predicted molar refractivity (Wildman–Crippen MR) is 406 cm³/mol. The molecule has 2 saturated heterocycles. The molecule has 10 aliphatic rings. The van der Waals surface area contributed by atoms with E-state index < -0.39 is 74.6 Å². The number of hydrogen-bond acceptors (Lipinski definition) is 30. The fourth-order valence-corrected chi connectivity index (χ4v) is 20.2. The van der Waals surface area contributed by atoms with Crippen LogP contribution in [0.15, 0.2) is 60.9 Å². The van der Waals surface area contributed by atoms with E-state index in [4.69, 9.17) is 88.7 Å². The molecule has 34 heteroatoms. The molecule has 0 radical (unpaired) electrons. The van der Waals surface area contributed by atoms with Crippen LogP contribution < -0.4 is 0 Å². The molecule has 21 rings (SSSR count). The van der Waals surface area contributed by atoms with Gasteiger partial charge in [-0.05, 0) is 54.8 Å². The summed E-state index contributed by atoms with van der Waals surface area (Å²) in [4.78, 5) is 84.8. The molecule has 3 saturated carbocycles. The van der Waals surface area contributed by atoms with Crippen molar-refractivity contribution < 1.29 is 59.8 Å². The van der Waals surface area contributed by atoms with Crippen molar-refractivity contribution in [2.45, 2.75) is 209 Å². The van der Waals surface area contributed by atoms with E-state index in [9.17, 15) is 40.9 Å². The third-order valence-corrected chi connectivity index (χ3v) is 28.3. The second-order valence-electron chi connectivity index (χ2n) is 34.7. The van der Waals surface area contributed by atoms with Gasteiger partial charge in [-0.3, -0.25) is 0 Å². The molecule has 9 aromatic heterocycles. The number of nitrogens with zero attached hydrogens (tertiary/aromatic N) is 20. The summed E-state index contributed by atoms with van der Waals surface area (Å²) in [6, 6.07) is 15.3. The Morgan fingerprint density at radius 3 is 1.10 bits per heavy atom. The number of aromatic nitrogens is 22. The number of aliphatic hydroxyl groups excluding tert-OH is 8. The highest BCUT2D eigenvalue weighted by atomic mass is 16.7. The van der Waals surface area contributed by atoms with Crippen molar-refractivity contribution in [1.82, 2.24) is 110 Å². The van der Waals surface area contributed by atoms with Crippen LogP contribution in [0.5, 0.6) is 0 Å². The van der Waals surface area contributed by atoms with Gasteiger partial charge in [0.2, 0.25) is 0 Å². The standard InChI is InChI=1S/C80H84N22O12/c1-75(2)36-18-21-78(75,7)62-45(36)83-50-53(86-62)71-92-67(50)90-65-48-49(66(89-65)91-70-54-51(84-46-37-19-22-79(8,63(46)87-54)76(37,3)4)68(93-70)95-72-55-52(69(94-71)96-72)85-47-38-20-23-80(9,64(47)88-55)77(38,5)6)82-44(35-16-12-33(13-17-35)40-29-102(100-98-40)25-27-112-74-61(110)59(108)57(106)42(31-104)114-74)43(81-48)34-14-10-32(11-15-34)39-28-101(99-97-39)24-26-111-73-60(109)58(107)56(105)41(30-103)113-73/h10-17,28-29,36-38,41-42,56-61,73-74,103-110H,18-27,30-31H2,1-9H3,(H2,89,90,91,92,93,94,95,96)/t36?,37?,38?,41-,42-,56+,57+,58+,59+,60-,61-,73-,74-,78?,79?,80?/m1/s1. The molecule has 13 heterocycles. The van der Waals surface area contributed by atoms with Gasteiger partial charge >= 0.3 is 0 Å². The molecule has 11 aromatic rings. The van der Waals surface area contributed by atoms with Gasteiger partial charge in [0.05, 0.1) is 97.5 Å². The summed E-state index contributed by atoms with van der Waals surface area (Å²) in [7, 11) is 0. The predicted octanol–water partition coefficient (Wildman–Crippen LogP) is 6.04. The number of hydrogen-bond donors (Lipinski definition) is 10. The third kappa shape index (κ3) is 10.1. The van der Waals surface area contributed by atoms with E-state index in [1.807, 2.05) is 48.5 Å². The summed E-state index contributed by atoms with van der Waals surface area (Å²) < 4.78 is 25.8. The Bertz CT molecular complexity index is 6050. The van der Waals surface area contributed by atoms with Crippen molar-refractivity contribution in [3.63, 3.8) is 0 Å². The quantitative estimate of drug-likeness (QED) is 0.0593. The van der Waals surface area contributed by atoms with Gasteiger partial charge in [0.15, 0.2) is 58.5 Å². The molecule has 6 aliphatic carbocycles. The third-order valence-electron chi connectivity index (χ3n) is 28.3. The summed E-state index contributed by atoms with van der Waals surface area (Å²) in [5.41, 5.74) is 13.8. The average molecular weight is 1550 g/mol. The number of aliphatic hydroxyl groups is 8. The summed E-state index contributed by atoms with van der Waals surface area (Å²) in [5, 5.41) is 99.8. The van der Waals surface area contributed by atoms with E-state index in [0.29, 0.717) is 101 Å². The largest absolute Gasteiger partial charge is 0.394 e. The zero-order valence-corrected chi connectivity index (χ0v) is 63.9. The molecule has 0 amide bonds. The molecule has 0 spiro atoms. The lowest BCUT2D eigenvalue weighted by atomic mass is 9.70. The lowest BCUT2D eigenvalue weighted by Gasteiger charge is -2.39. The van der Waals surface area contributed by atoms with Crippen LogP contribution in [0.25, 0.3) is 136 Å². The van der Waals surface area contributed by atoms with Crippen molar-refractivity contribution in [2.24, 2.45) is 16.2 Å². The Balaban J connectivity index is 0.742. The number of rotatable bonds is 14. The maximum Gasteiger partial charge on any atom is 0.186 e. The zero-order chi connectivity index (χ0) is 78.5. The van der Waals surface area contributed by atoms with Gasteiger partial charge in [-0.15, -0.1) is 10.2 Å². The minimum Gasteiger partial charge on any atom is -0.394 e. The summed E-state index contributed by atoms with van der Waals surface area (Å²) >= 11 is 0. The molecule has 10 N–H and O–H groups in total. The lowest BCUT2D eigenvalue weighted by molar-refractivity contribution is -0.301. The number of H-pyrrole nitrogens is 2. The summed E-state index contributed by atoms with van der Waals surface area (Å²) in [6.07, 6.45) is -5.03. The van der Waals surface area contributed by atoms with Crippen LogP contribution in [0.3, 0.4) is 0 Å². The maximum atomic E-state index is 10.6. The Kier molecular flexibility index (Phi) is 15.7. The fourth-order valence-electron chi connectivity index (χ4n) is 20.2. The Labute approximate surface area is 649 Å². The molecule has 14 bridgehead atoms. The monoisotopic (exact) mass is 1540 g/mol. The smallest absolute Gasteiger partial charge is 0.186 e. The van der Waals surface area contributed by atoms with Crippen molar-refractivity contribution in [1.29, 1.82) is 0 Å². The van der Waals surface area contributed by atoms with E-state index in [2.05, 4.69) is 92.9 Å². The van der Waals surface area contributed by atoms with Crippen LogP contribution in [0.2, 0.25) is 0 Å². The Morgan fingerprint density at radius 2 is 0.719 bits per heavy atom. The number of aromatic amines is 2. The van der Waals surface area contributed by atoms with E-state index in [1.165, 1.54) is 0 Å². The van der Waals surface area contributed by atoms with Gasteiger partial charge in [-0.2, -0.15) is 0 Å². The van der Waals surface area contributed by atoms with Crippen LogP contribution >= 0.6 is 0 Å². The highest BCUT2D eigenvalue weighted by Gasteiger charge is 2.65. The average Bonchev–Trinajstić information content (AvgIpc) is 1.53. The van der Waals surface area contributed by atoms with Crippen LogP contribution in [-0.2, 0) is 48.3 Å². The molecule has 34 nitrogen and oxygen atoms in total. The van der Waals surface area contributed by atoms with Crippen LogP contribution in [0.4, 0.5) is 0 Å². The molecule has 4 aliphatic heterocycles. The normalized spacial score (nSPS) is 30.0. The van der Waals surface area contributed by atoms with E-state index in [0.717, 1.165) is 72.7 Å². The van der Waals surface area contributed by atoms with E-state index >= 15 is 0 Å². The molecule has 2 aromatic carbocycles. The van der Waals surface area contributed by atoms with Crippen LogP contribution in [0, 0.1) is 16.2 Å². The Hall–Kier alpha value is -10.1. The SMILES string of the molecule is CC12CCC(c3nc4c(nc31)-c1nc-4nc3[nH]c(nc4nc(nc5[nH]c(n1)c1nc(-c6ccc(-c7cn(CCO[C@@H]8O[C@H](CO)[C@H](O)[C@H](O)[C@H]8O)nn7)cc6)c(-c6ccc(-c7cn(CCO[C@@H]8O[C@H](CO)[C@H](O)[C@H](O)[C@H]8O)nn7)cc6)nc51)-c1nc5c(nc1-4)C1(C)CCC5C1(C)C)c1nc4c(nc31)C1(C)CCC4C1(C)C)C2(C)C. The second kappa shape index (κ2) is 25.0. The second-order valence-corrected chi connectivity index (χ2v) is 34.7. The summed E-state index contributed by atoms with van der Waals surface area (Å²) in [5.74, 6) is 1.45. The van der Waals surface area contributed by atoms with Crippen molar-refractivity contribution in [3.8, 4) is 91.1 Å². The van der Waals surface area contributed by atoms with Gasteiger partial charge in [-0.25, -0.2) is 79.1 Å². The van der Waals surface area contributed by atoms with Crippen LogP contribution in [0.1, 0.15) is 153 Å². The fraction of sp³-hybridized carbons (Fsp3) is 0.500. The topological polar surface area (TPSA) is 472 Å².